The summed E-state index contributed by atoms with van der Waals surface area (Å²) in [4.78, 5) is 24.6. The molecule has 0 aliphatic carbocycles. The fraction of sp³-hybridized carbons (Fsp3) is 0.467. The van der Waals surface area contributed by atoms with Crippen LogP contribution < -0.4 is 5.73 Å². The molecule has 6 nitrogen and oxygen atoms in total. The first-order chi connectivity index (χ1) is 10.0. The van der Waals surface area contributed by atoms with Gasteiger partial charge in [-0.05, 0) is 12.5 Å². The number of carboxylic acid groups (broad SMARTS) is 1. The average Bonchev–Trinajstić information content (AvgIpc) is 2.47. The number of morpholine rings is 1. The van der Waals surface area contributed by atoms with Crippen molar-refractivity contribution in [3.05, 3.63) is 35.9 Å². The van der Waals surface area contributed by atoms with Crippen molar-refractivity contribution in [2.24, 2.45) is 5.73 Å². The molecule has 1 aromatic rings. The molecule has 1 aromatic carbocycles. The molecule has 114 valence electrons. The molecule has 2 unspecified atom stereocenters. The first kappa shape index (κ1) is 15.5. The lowest BCUT2D eigenvalue weighted by molar-refractivity contribution is -0.150. The van der Waals surface area contributed by atoms with Crippen LogP contribution in [0.4, 0.5) is 0 Å². The van der Waals surface area contributed by atoms with Crippen molar-refractivity contribution in [3.8, 4) is 0 Å². The van der Waals surface area contributed by atoms with E-state index >= 15 is 0 Å². The second kappa shape index (κ2) is 6.69. The average molecular weight is 292 g/mol. The molecule has 21 heavy (non-hydrogen) atoms. The van der Waals surface area contributed by atoms with Crippen molar-refractivity contribution in [2.45, 2.75) is 31.5 Å². The zero-order chi connectivity index (χ0) is 15.4. The minimum Gasteiger partial charge on any atom is -0.481 e. The molecule has 1 aliphatic heterocycles. The van der Waals surface area contributed by atoms with Gasteiger partial charge in [-0.2, -0.15) is 0 Å². The molecule has 0 spiro atoms. The van der Waals surface area contributed by atoms with Crippen molar-refractivity contribution in [3.63, 3.8) is 0 Å². The lowest BCUT2D eigenvalue weighted by Gasteiger charge is -2.40. The molecule has 1 heterocycles. The third kappa shape index (κ3) is 3.59. The van der Waals surface area contributed by atoms with E-state index in [0.29, 0.717) is 13.2 Å². The Kier molecular flexibility index (Phi) is 4.93. The quantitative estimate of drug-likeness (QED) is 0.855. The minimum absolute atomic E-state index is 0.187. The number of amides is 1. The van der Waals surface area contributed by atoms with E-state index in [9.17, 15) is 9.59 Å². The van der Waals surface area contributed by atoms with Gasteiger partial charge in [-0.25, -0.2) is 0 Å². The number of carbonyl (C=O) groups excluding carboxylic acids is 1. The summed E-state index contributed by atoms with van der Waals surface area (Å²) in [5, 5.41) is 8.75. The Morgan fingerprint density at radius 3 is 2.71 bits per heavy atom. The maximum absolute atomic E-state index is 12.3. The van der Waals surface area contributed by atoms with Crippen molar-refractivity contribution >= 4 is 11.9 Å². The van der Waals surface area contributed by atoms with Gasteiger partial charge in [0.25, 0.3) is 0 Å². The maximum Gasteiger partial charge on any atom is 0.305 e. The van der Waals surface area contributed by atoms with Crippen LogP contribution in [-0.2, 0) is 14.3 Å². The minimum atomic E-state index is -1.07. The number of nitrogens with two attached hydrogens (primary N) is 1. The lowest BCUT2D eigenvalue weighted by Crippen LogP contribution is -2.54. The summed E-state index contributed by atoms with van der Waals surface area (Å²) < 4.78 is 5.77. The smallest absolute Gasteiger partial charge is 0.305 e. The molecule has 0 bridgehead atoms. The monoisotopic (exact) mass is 292 g/mol. The van der Waals surface area contributed by atoms with E-state index in [0.717, 1.165) is 5.56 Å². The molecule has 1 saturated heterocycles. The number of benzene rings is 1. The number of hydrogen-bond donors (Lipinski definition) is 2. The summed E-state index contributed by atoms with van der Waals surface area (Å²) in [7, 11) is 0. The number of hydrogen-bond acceptors (Lipinski definition) is 4. The summed E-state index contributed by atoms with van der Waals surface area (Å²) in [5.41, 5.74) is 6.68. The normalized spacial score (nSPS) is 23.6. The van der Waals surface area contributed by atoms with Crippen LogP contribution in [-0.4, -0.2) is 47.1 Å². The fourth-order valence-electron chi connectivity index (χ4n) is 2.60. The van der Waals surface area contributed by atoms with E-state index in [-0.39, 0.29) is 24.5 Å². The Hall–Kier alpha value is -1.92. The van der Waals surface area contributed by atoms with Gasteiger partial charge >= 0.3 is 5.97 Å². The highest BCUT2D eigenvalue weighted by Gasteiger charge is 2.35. The Morgan fingerprint density at radius 2 is 2.10 bits per heavy atom. The first-order valence-corrected chi connectivity index (χ1v) is 6.95. The topological polar surface area (TPSA) is 92.9 Å². The largest absolute Gasteiger partial charge is 0.481 e. The summed E-state index contributed by atoms with van der Waals surface area (Å²) in [5.74, 6) is -1.41. The van der Waals surface area contributed by atoms with Crippen LogP contribution in [0.5, 0.6) is 0 Å². The van der Waals surface area contributed by atoms with E-state index in [2.05, 4.69) is 0 Å². The van der Waals surface area contributed by atoms with Crippen LogP contribution >= 0.6 is 0 Å². The highest BCUT2D eigenvalue weighted by Crippen LogP contribution is 2.28. The molecule has 3 N–H and O–H groups in total. The number of carbonyl (C=O) groups is 2. The number of aliphatic carboxylic acids is 1. The molecule has 1 aliphatic rings. The molecule has 0 radical (unpaired) electrons. The number of ether oxygens (including phenoxy) is 1. The maximum atomic E-state index is 12.3. The Balaban J connectivity index is 2.11. The molecule has 2 rings (SSSR count). The van der Waals surface area contributed by atoms with Gasteiger partial charge in [0.15, 0.2) is 0 Å². The summed E-state index contributed by atoms with van der Waals surface area (Å²) in [6.07, 6.45) is -0.584. The molecular formula is C15H20N2O4. The molecular weight excluding hydrogens is 272 g/mol. The number of nitrogens with zero attached hydrogens (tertiary/aromatic N) is 1. The number of rotatable bonds is 4. The van der Waals surface area contributed by atoms with Gasteiger partial charge in [-0.15, -0.1) is 0 Å². The van der Waals surface area contributed by atoms with Crippen LogP contribution in [0.15, 0.2) is 30.3 Å². The standard InChI is InChI=1S/C15H20N2O4/c1-10-14(11-5-3-2-4-6-11)21-8-7-17(10)15(20)12(16)9-13(18)19/h2-6,10,12,14H,7-9,16H2,1H3,(H,18,19)/t10?,12-,14?/m0/s1. The third-order valence-electron chi connectivity index (χ3n) is 3.68. The van der Waals surface area contributed by atoms with E-state index < -0.39 is 12.0 Å². The Bertz CT molecular complexity index is 506. The second-order valence-electron chi connectivity index (χ2n) is 5.18. The summed E-state index contributed by atoms with van der Waals surface area (Å²) >= 11 is 0. The van der Waals surface area contributed by atoms with Crippen molar-refractivity contribution in [1.29, 1.82) is 0 Å². The van der Waals surface area contributed by atoms with E-state index in [1.54, 1.807) is 4.90 Å². The zero-order valence-corrected chi connectivity index (χ0v) is 11.9. The van der Waals surface area contributed by atoms with E-state index in [1.807, 2.05) is 37.3 Å². The Labute approximate surface area is 123 Å². The third-order valence-corrected chi connectivity index (χ3v) is 3.68. The van der Waals surface area contributed by atoms with Crippen molar-refractivity contribution in [1.82, 2.24) is 4.90 Å². The summed E-state index contributed by atoms with van der Waals surface area (Å²) in [6, 6.07) is 8.46. The van der Waals surface area contributed by atoms with Gasteiger partial charge < -0.3 is 20.5 Å². The van der Waals surface area contributed by atoms with Crippen LogP contribution in [0.25, 0.3) is 0 Å². The highest BCUT2D eigenvalue weighted by atomic mass is 16.5. The first-order valence-electron chi connectivity index (χ1n) is 6.95. The second-order valence-corrected chi connectivity index (χ2v) is 5.18. The predicted octanol–water partition coefficient (Wildman–Crippen LogP) is 0.777. The molecule has 6 heteroatoms. The van der Waals surface area contributed by atoms with E-state index in [4.69, 9.17) is 15.6 Å². The SMILES string of the molecule is CC1C(c2ccccc2)OCCN1C(=O)[C@@H](N)CC(=O)O. The van der Waals surface area contributed by atoms with Gasteiger partial charge in [0.2, 0.25) is 5.91 Å². The van der Waals surface area contributed by atoms with Gasteiger partial charge in [0, 0.05) is 6.54 Å². The van der Waals surface area contributed by atoms with Crippen LogP contribution in [0.1, 0.15) is 25.0 Å². The van der Waals surface area contributed by atoms with Crippen LogP contribution in [0.2, 0.25) is 0 Å². The predicted molar refractivity (Wildman–Crippen MR) is 76.5 cm³/mol. The van der Waals surface area contributed by atoms with Crippen LogP contribution in [0.3, 0.4) is 0 Å². The fourth-order valence-corrected chi connectivity index (χ4v) is 2.60. The van der Waals surface area contributed by atoms with E-state index in [1.165, 1.54) is 0 Å². The van der Waals surface area contributed by atoms with Gasteiger partial charge in [0.1, 0.15) is 6.10 Å². The van der Waals surface area contributed by atoms with Crippen molar-refractivity contribution in [2.75, 3.05) is 13.2 Å². The highest BCUT2D eigenvalue weighted by molar-refractivity contribution is 5.86. The molecule has 0 aromatic heterocycles. The van der Waals surface area contributed by atoms with Gasteiger partial charge in [0.05, 0.1) is 25.1 Å². The Morgan fingerprint density at radius 1 is 1.43 bits per heavy atom. The molecule has 3 atom stereocenters. The summed E-state index contributed by atoms with van der Waals surface area (Å²) in [6.45, 7) is 2.73. The molecule has 1 amide bonds. The van der Waals surface area contributed by atoms with Crippen LogP contribution in [0, 0.1) is 0 Å². The van der Waals surface area contributed by atoms with Gasteiger partial charge in [-0.3, -0.25) is 9.59 Å². The molecule has 0 saturated carbocycles. The van der Waals surface area contributed by atoms with Gasteiger partial charge in [-0.1, -0.05) is 30.3 Å². The lowest BCUT2D eigenvalue weighted by atomic mass is 9.99. The zero-order valence-electron chi connectivity index (χ0n) is 11.9. The molecule has 1 fully saturated rings. The number of carboxylic acids is 1. The van der Waals surface area contributed by atoms with Crippen molar-refractivity contribution < 1.29 is 19.4 Å².